The van der Waals surface area contributed by atoms with E-state index in [0.29, 0.717) is 24.8 Å². The van der Waals surface area contributed by atoms with Gasteiger partial charge in [0.1, 0.15) is 0 Å². The predicted molar refractivity (Wildman–Crippen MR) is 123 cm³/mol. The van der Waals surface area contributed by atoms with E-state index in [1.165, 1.54) is 12.8 Å². The second kappa shape index (κ2) is 12.7. The maximum absolute atomic E-state index is 12.2. The van der Waals surface area contributed by atoms with Gasteiger partial charge in [-0.15, -0.1) is 0 Å². The summed E-state index contributed by atoms with van der Waals surface area (Å²) >= 11 is 0. The van der Waals surface area contributed by atoms with Gasteiger partial charge in [-0.25, -0.2) is 0 Å². The fraction of sp³-hybridized carbons (Fsp3) is 0.667. The molecule has 1 aromatic carbocycles. The Bertz CT molecular complexity index is 711. The van der Waals surface area contributed by atoms with Gasteiger partial charge in [-0.2, -0.15) is 0 Å². The van der Waals surface area contributed by atoms with Crippen molar-refractivity contribution in [3.05, 3.63) is 35.4 Å². The molecule has 3 rings (SSSR count). The Labute approximate surface area is 186 Å². The van der Waals surface area contributed by atoms with Crippen molar-refractivity contribution in [1.29, 1.82) is 0 Å². The number of benzene rings is 1. The number of nitrogens with zero attached hydrogens (tertiary/aromatic N) is 2. The van der Waals surface area contributed by atoms with Gasteiger partial charge in [0.25, 0.3) is 5.91 Å². The van der Waals surface area contributed by atoms with E-state index >= 15 is 0 Å². The van der Waals surface area contributed by atoms with Gasteiger partial charge in [0.05, 0.1) is 18.8 Å². The number of amides is 1. The summed E-state index contributed by atoms with van der Waals surface area (Å²) in [5.41, 5.74) is 1.76. The van der Waals surface area contributed by atoms with Crippen LogP contribution in [0.2, 0.25) is 0 Å². The lowest BCUT2D eigenvalue weighted by atomic mass is 10.1. The molecular formula is C24H38N4O3. The van der Waals surface area contributed by atoms with Crippen molar-refractivity contribution in [2.75, 3.05) is 39.9 Å². The fourth-order valence-corrected chi connectivity index (χ4v) is 4.09. The highest BCUT2D eigenvalue weighted by Gasteiger charge is 2.23. The van der Waals surface area contributed by atoms with Gasteiger partial charge in [-0.3, -0.25) is 9.79 Å². The zero-order valence-corrected chi connectivity index (χ0v) is 19.1. The lowest BCUT2D eigenvalue weighted by molar-refractivity contribution is -0.0721. The van der Waals surface area contributed by atoms with Crippen molar-refractivity contribution in [3.8, 4) is 0 Å². The highest BCUT2D eigenvalue weighted by molar-refractivity contribution is 5.94. The summed E-state index contributed by atoms with van der Waals surface area (Å²) in [5.74, 6) is 0.878. The summed E-state index contributed by atoms with van der Waals surface area (Å²) in [6, 6.07) is 7.76. The molecular weight excluding hydrogens is 392 g/mol. The summed E-state index contributed by atoms with van der Waals surface area (Å²) in [6.45, 7) is 6.83. The third-order valence-electron chi connectivity index (χ3n) is 5.92. The number of carbonyl (C=O) groups is 1. The first-order chi connectivity index (χ1) is 15.2. The Morgan fingerprint density at radius 1 is 1.23 bits per heavy atom. The number of hydrogen-bond donors (Lipinski definition) is 2. The molecule has 1 unspecified atom stereocenters. The molecule has 7 nitrogen and oxygen atoms in total. The minimum atomic E-state index is -0.0196. The Morgan fingerprint density at radius 3 is 2.77 bits per heavy atom. The van der Waals surface area contributed by atoms with E-state index in [-0.39, 0.29) is 12.0 Å². The summed E-state index contributed by atoms with van der Waals surface area (Å²) in [4.78, 5) is 18.9. The Balaban J connectivity index is 1.42. The maximum atomic E-state index is 12.2. The Morgan fingerprint density at radius 2 is 2.06 bits per heavy atom. The molecule has 1 aromatic rings. The number of piperidine rings is 1. The third kappa shape index (κ3) is 7.51. The number of carbonyl (C=O) groups excluding carboxylic acids is 1. The Hall–Kier alpha value is -2.12. The highest BCUT2D eigenvalue weighted by Crippen LogP contribution is 2.18. The van der Waals surface area contributed by atoms with Crippen LogP contribution >= 0.6 is 0 Å². The molecule has 0 bridgehead atoms. The monoisotopic (exact) mass is 430 g/mol. The van der Waals surface area contributed by atoms with E-state index in [9.17, 15) is 4.79 Å². The second-order valence-electron chi connectivity index (χ2n) is 8.37. The smallest absolute Gasteiger partial charge is 0.251 e. The summed E-state index contributed by atoms with van der Waals surface area (Å²) in [6.07, 6.45) is 7.06. The molecule has 0 aliphatic carbocycles. The van der Waals surface area contributed by atoms with Gasteiger partial charge >= 0.3 is 0 Å². The molecule has 1 amide bonds. The average Bonchev–Trinajstić information content (AvgIpc) is 2.83. The molecule has 2 N–H and O–H groups in total. The van der Waals surface area contributed by atoms with E-state index in [1.54, 1.807) is 0 Å². The zero-order valence-electron chi connectivity index (χ0n) is 19.1. The highest BCUT2D eigenvalue weighted by atomic mass is 16.5. The number of likely N-dealkylation sites (tertiary alicyclic amines) is 1. The number of aliphatic imine (C=N–C) groups is 1. The molecule has 2 heterocycles. The van der Waals surface area contributed by atoms with E-state index in [0.717, 1.165) is 63.5 Å². The van der Waals surface area contributed by atoms with Gasteiger partial charge in [0.2, 0.25) is 0 Å². The Kier molecular flexibility index (Phi) is 9.62. The summed E-state index contributed by atoms with van der Waals surface area (Å²) < 4.78 is 11.9. The molecule has 172 valence electrons. The molecule has 31 heavy (non-hydrogen) atoms. The van der Waals surface area contributed by atoms with Gasteiger partial charge in [0.15, 0.2) is 5.96 Å². The predicted octanol–water partition coefficient (Wildman–Crippen LogP) is 2.95. The van der Waals surface area contributed by atoms with Crippen LogP contribution in [0.5, 0.6) is 0 Å². The zero-order chi connectivity index (χ0) is 21.9. The summed E-state index contributed by atoms with van der Waals surface area (Å²) in [7, 11) is 1.82. The van der Waals surface area contributed by atoms with Crippen LogP contribution in [-0.2, 0) is 16.0 Å². The van der Waals surface area contributed by atoms with Crippen molar-refractivity contribution in [3.63, 3.8) is 0 Å². The van der Waals surface area contributed by atoms with Crippen LogP contribution in [0.1, 0.15) is 61.4 Å². The molecule has 0 aromatic heterocycles. The first kappa shape index (κ1) is 23.5. The van der Waals surface area contributed by atoms with Gasteiger partial charge in [-0.05, 0) is 56.2 Å². The number of guanidine groups is 1. The molecule has 2 aliphatic heterocycles. The molecule has 2 fully saturated rings. The molecule has 0 saturated carbocycles. The third-order valence-corrected chi connectivity index (χ3v) is 5.92. The molecule has 2 saturated heterocycles. The number of ether oxygens (including phenoxy) is 2. The van der Waals surface area contributed by atoms with Crippen LogP contribution in [0.4, 0.5) is 0 Å². The minimum Gasteiger partial charge on any atom is -0.376 e. The van der Waals surface area contributed by atoms with Crippen molar-refractivity contribution in [1.82, 2.24) is 15.5 Å². The largest absolute Gasteiger partial charge is 0.376 e. The normalized spacial score (nSPS) is 20.5. The standard InChI is InChI=1S/C24H38N4O3/c1-3-12-26-23(29)20-8-6-7-19(16-20)17-27-24(25-2)28-13-10-21(11-14-28)31-18-22-9-4-5-15-30-22/h6-8,16,21-22H,3-5,9-15,17-18H2,1-2H3,(H,25,27)(H,26,29). The average molecular weight is 431 g/mol. The van der Waals surface area contributed by atoms with E-state index < -0.39 is 0 Å². The van der Waals surface area contributed by atoms with Crippen LogP contribution in [0.3, 0.4) is 0 Å². The van der Waals surface area contributed by atoms with Gasteiger partial charge in [0, 0.05) is 45.4 Å². The van der Waals surface area contributed by atoms with E-state index in [4.69, 9.17) is 9.47 Å². The molecule has 1 atom stereocenters. The van der Waals surface area contributed by atoms with E-state index in [2.05, 4.69) is 20.5 Å². The molecule has 2 aliphatic rings. The summed E-state index contributed by atoms with van der Waals surface area (Å²) in [5, 5.41) is 6.37. The van der Waals surface area contributed by atoms with Gasteiger partial charge in [-0.1, -0.05) is 19.1 Å². The molecule has 0 spiro atoms. The van der Waals surface area contributed by atoms with Crippen LogP contribution in [0, 0.1) is 0 Å². The van der Waals surface area contributed by atoms with E-state index in [1.807, 2.05) is 38.2 Å². The van der Waals surface area contributed by atoms with Crippen molar-refractivity contribution in [2.45, 2.75) is 64.2 Å². The lowest BCUT2D eigenvalue weighted by Crippen LogP contribution is -2.47. The van der Waals surface area contributed by atoms with Crippen molar-refractivity contribution >= 4 is 11.9 Å². The minimum absolute atomic E-state index is 0.0196. The number of nitrogens with one attached hydrogen (secondary N) is 2. The molecule has 0 radical (unpaired) electrons. The topological polar surface area (TPSA) is 75.2 Å². The number of rotatable bonds is 8. The lowest BCUT2D eigenvalue weighted by Gasteiger charge is -2.35. The molecule has 7 heteroatoms. The van der Waals surface area contributed by atoms with Gasteiger partial charge < -0.3 is 25.0 Å². The maximum Gasteiger partial charge on any atom is 0.251 e. The second-order valence-corrected chi connectivity index (χ2v) is 8.37. The van der Waals surface area contributed by atoms with Crippen LogP contribution in [0.15, 0.2) is 29.3 Å². The first-order valence-electron chi connectivity index (χ1n) is 11.8. The van der Waals surface area contributed by atoms with Crippen molar-refractivity contribution < 1.29 is 14.3 Å². The van der Waals surface area contributed by atoms with Crippen LogP contribution < -0.4 is 10.6 Å². The van der Waals surface area contributed by atoms with Crippen LogP contribution in [0.25, 0.3) is 0 Å². The quantitative estimate of drug-likeness (QED) is 0.490. The van der Waals surface area contributed by atoms with Crippen molar-refractivity contribution in [2.24, 2.45) is 4.99 Å². The SMILES string of the molecule is CCCNC(=O)c1cccc(CNC(=NC)N2CCC(OCC3CCCCO3)CC2)c1. The number of hydrogen-bond acceptors (Lipinski definition) is 4. The first-order valence-corrected chi connectivity index (χ1v) is 11.8. The fourth-order valence-electron chi connectivity index (χ4n) is 4.09. The van der Waals surface area contributed by atoms with Crippen LogP contribution in [-0.4, -0.2) is 68.9 Å².